The minimum atomic E-state index is -0.121. The van der Waals surface area contributed by atoms with Gasteiger partial charge in [-0.05, 0) is 26.1 Å². The molecule has 0 aliphatic heterocycles. The van der Waals surface area contributed by atoms with E-state index in [1.165, 1.54) is 5.56 Å². The third-order valence-corrected chi connectivity index (χ3v) is 3.26. The van der Waals surface area contributed by atoms with E-state index in [0.717, 1.165) is 12.0 Å². The number of carbonyl (C=O) groups excluding carboxylic acids is 1. The van der Waals surface area contributed by atoms with Crippen molar-refractivity contribution in [3.8, 4) is 0 Å². The quantitative estimate of drug-likeness (QED) is 0.786. The zero-order chi connectivity index (χ0) is 13.7. The van der Waals surface area contributed by atoms with E-state index in [2.05, 4.69) is 12.1 Å². The molecule has 0 aliphatic rings. The molecular weight excluding hydrogens is 270 g/mol. The maximum absolute atomic E-state index is 12.5. The van der Waals surface area contributed by atoms with E-state index in [-0.39, 0.29) is 24.2 Å². The van der Waals surface area contributed by atoms with Crippen molar-refractivity contribution in [1.29, 1.82) is 0 Å². The predicted molar refractivity (Wildman–Crippen MR) is 85.6 cm³/mol. The van der Waals surface area contributed by atoms with E-state index in [1.54, 1.807) is 0 Å². The number of rotatable bonds is 5. The van der Waals surface area contributed by atoms with Gasteiger partial charge in [-0.15, -0.1) is 12.4 Å². The van der Waals surface area contributed by atoms with Gasteiger partial charge in [0, 0.05) is 5.56 Å². The van der Waals surface area contributed by atoms with Gasteiger partial charge in [0.25, 0.3) is 0 Å². The molecule has 0 aliphatic carbocycles. The van der Waals surface area contributed by atoms with Crippen LogP contribution in [0, 0.1) is 0 Å². The molecule has 1 unspecified atom stereocenters. The zero-order valence-corrected chi connectivity index (χ0v) is 12.6. The van der Waals surface area contributed by atoms with E-state index in [9.17, 15) is 4.79 Å². The van der Waals surface area contributed by atoms with Gasteiger partial charge < -0.3 is 0 Å². The molecule has 2 nitrogen and oxygen atoms in total. The Labute approximate surface area is 126 Å². The van der Waals surface area contributed by atoms with Crippen molar-refractivity contribution in [2.75, 3.05) is 14.1 Å². The summed E-state index contributed by atoms with van der Waals surface area (Å²) in [6, 6.07) is 19.5. The summed E-state index contributed by atoms with van der Waals surface area (Å²) in [5, 5.41) is 0. The van der Waals surface area contributed by atoms with Crippen molar-refractivity contribution >= 4 is 18.2 Å². The van der Waals surface area contributed by atoms with Crippen LogP contribution in [0.4, 0.5) is 0 Å². The van der Waals surface area contributed by atoms with Gasteiger partial charge in [-0.1, -0.05) is 60.7 Å². The lowest BCUT2D eigenvalue weighted by Gasteiger charge is -2.23. The molecule has 0 bridgehead atoms. The Morgan fingerprint density at radius 2 is 1.45 bits per heavy atom. The lowest BCUT2D eigenvalue weighted by atomic mass is 9.97. The molecule has 2 aromatic carbocycles. The van der Waals surface area contributed by atoms with Crippen LogP contribution in [-0.4, -0.2) is 30.8 Å². The summed E-state index contributed by atoms with van der Waals surface area (Å²) in [6.07, 6.45) is 0.738. The second-order valence-corrected chi connectivity index (χ2v) is 4.90. The molecule has 0 heterocycles. The topological polar surface area (TPSA) is 20.3 Å². The van der Waals surface area contributed by atoms with Crippen molar-refractivity contribution in [2.45, 2.75) is 12.5 Å². The summed E-state index contributed by atoms with van der Waals surface area (Å²) >= 11 is 0. The fourth-order valence-corrected chi connectivity index (χ4v) is 2.14. The molecule has 1 atom stereocenters. The van der Waals surface area contributed by atoms with Crippen molar-refractivity contribution < 1.29 is 4.79 Å². The van der Waals surface area contributed by atoms with Crippen molar-refractivity contribution in [2.24, 2.45) is 0 Å². The fraction of sp³-hybridized carbons (Fsp3) is 0.235. The largest absolute Gasteiger partial charge is 0.299 e. The second-order valence-electron chi connectivity index (χ2n) is 4.90. The summed E-state index contributed by atoms with van der Waals surface area (Å²) in [4.78, 5) is 14.5. The molecule has 2 rings (SSSR count). The van der Waals surface area contributed by atoms with Crippen LogP contribution < -0.4 is 0 Å². The highest BCUT2D eigenvalue weighted by Crippen LogP contribution is 2.12. The lowest BCUT2D eigenvalue weighted by molar-refractivity contribution is 0.0875. The Hall–Kier alpha value is -1.64. The Bertz CT molecular complexity index is 525. The van der Waals surface area contributed by atoms with Crippen LogP contribution in [0.3, 0.4) is 0 Å². The van der Waals surface area contributed by atoms with E-state index >= 15 is 0 Å². The lowest BCUT2D eigenvalue weighted by Crippen LogP contribution is -2.37. The van der Waals surface area contributed by atoms with E-state index in [0.29, 0.717) is 0 Å². The normalized spacial score (nSPS) is 11.8. The van der Waals surface area contributed by atoms with E-state index in [1.807, 2.05) is 67.5 Å². The molecule has 0 radical (unpaired) electrons. The fourth-order valence-electron chi connectivity index (χ4n) is 2.14. The summed E-state index contributed by atoms with van der Waals surface area (Å²) in [5.41, 5.74) is 1.96. The first-order chi connectivity index (χ1) is 9.18. The molecule has 20 heavy (non-hydrogen) atoms. The van der Waals surface area contributed by atoms with Crippen molar-refractivity contribution in [3.63, 3.8) is 0 Å². The molecule has 2 aromatic rings. The molecule has 0 amide bonds. The third kappa shape index (κ3) is 4.19. The number of carbonyl (C=O) groups is 1. The molecule has 0 spiro atoms. The van der Waals surface area contributed by atoms with E-state index in [4.69, 9.17) is 0 Å². The molecule has 0 aromatic heterocycles. The Morgan fingerprint density at radius 1 is 0.950 bits per heavy atom. The van der Waals surface area contributed by atoms with Gasteiger partial charge in [-0.3, -0.25) is 9.69 Å². The average molecular weight is 290 g/mol. The summed E-state index contributed by atoms with van der Waals surface area (Å²) in [7, 11) is 3.91. The maximum Gasteiger partial charge on any atom is 0.180 e. The van der Waals surface area contributed by atoms with Gasteiger partial charge in [0.2, 0.25) is 0 Å². The predicted octanol–water partition coefficient (Wildman–Crippen LogP) is 3.46. The van der Waals surface area contributed by atoms with Crippen molar-refractivity contribution in [3.05, 3.63) is 71.8 Å². The zero-order valence-electron chi connectivity index (χ0n) is 11.8. The number of hydrogen-bond acceptors (Lipinski definition) is 2. The standard InChI is InChI=1S/C17H19NO.ClH/c1-18(2)16(13-14-9-5-3-6-10-14)17(19)15-11-7-4-8-12-15;/h3-12,16H,13H2,1-2H3;1H. The maximum atomic E-state index is 12.5. The van der Waals surface area contributed by atoms with Gasteiger partial charge in [-0.2, -0.15) is 0 Å². The number of likely N-dealkylation sites (N-methyl/N-ethyl adjacent to an activating group) is 1. The smallest absolute Gasteiger partial charge is 0.180 e. The first-order valence-electron chi connectivity index (χ1n) is 6.48. The summed E-state index contributed by atoms with van der Waals surface area (Å²) in [5.74, 6) is 0.175. The number of ketones is 1. The monoisotopic (exact) mass is 289 g/mol. The average Bonchev–Trinajstić information content (AvgIpc) is 2.46. The molecule has 0 saturated heterocycles. The Kier molecular flexibility index (Phi) is 6.43. The third-order valence-electron chi connectivity index (χ3n) is 3.26. The first kappa shape index (κ1) is 16.4. The van der Waals surface area contributed by atoms with Crippen LogP contribution in [0.1, 0.15) is 15.9 Å². The minimum absolute atomic E-state index is 0. The molecule has 3 heteroatoms. The molecule has 0 N–H and O–H groups in total. The highest BCUT2D eigenvalue weighted by Gasteiger charge is 2.22. The van der Waals surface area contributed by atoms with Crippen LogP contribution in [-0.2, 0) is 6.42 Å². The number of halogens is 1. The van der Waals surface area contributed by atoms with Crippen LogP contribution in [0.15, 0.2) is 60.7 Å². The van der Waals surface area contributed by atoms with Crippen LogP contribution >= 0.6 is 12.4 Å². The first-order valence-corrected chi connectivity index (χ1v) is 6.48. The van der Waals surface area contributed by atoms with Gasteiger partial charge in [0.15, 0.2) is 5.78 Å². The Morgan fingerprint density at radius 3 is 1.95 bits per heavy atom. The molecular formula is C17H20ClNO. The van der Waals surface area contributed by atoms with Crippen LogP contribution in [0.25, 0.3) is 0 Å². The molecule has 106 valence electrons. The highest BCUT2D eigenvalue weighted by atomic mass is 35.5. The van der Waals surface area contributed by atoms with E-state index < -0.39 is 0 Å². The van der Waals surface area contributed by atoms with Gasteiger partial charge in [0.1, 0.15) is 0 Å². The summed E-state index contributed by atoms with van der Waals surface area (Å²) in [6.45, 7) is 0. The SMILES string of the molecule is CN(C)C(Cc1ccccc1)C(=O)c1ccccc1.Cl. The Balaban J connectivity index is 0.00000200. The number of hydrogen-bond donors (Lipinski definition) is 0. The second kappa shape index (κ2) is 7.83. The summed E-state index contributed by atoms with van der Waals surface area (Å²) < 4.78 is 0. The van der Waals surface area contributed by atoms with Gasteiger partial charge >= 0.3 is 0 Å². The molecule has 0 fully saturated rings. The van der Waals surface area contributed by atoms with Gasteiger partial charge in [0.05, 0.1) is 6.04 Å². The number of benzene rings is 2. The van der Waals surface area contributed by atoms with Crippen LogP contribution in [0.5, 0.6) is 0 Å². The van der Waals surface area contributed by atoms with Crippen LogP contribution in [0.2, 0.25) is 0 Å². The number of Topliss-reactive ketones (excluding diaryl/α,β-unsaturated/α-hetero) is 1. The van der Waals surface area contributed by atoms with Crippen molar-refractivity contribution in [1.82, 2.24) is 4.90 Å². The highest BCUT2D eigenvalue weighted by molar-refractivity contribution is 6.00. The molecule has 0 saturated carbocycles. The minimum Gasteiger partial charge on any atom is -0.299 e. The van der Waals surface area contributed by atoms with Gasteiger partial charge in [-0.25, -0.2) is 0 Å². The number of nitrogens with zero attached hydrogens (tertiary/aromatic N) is 1.